The normalized spacial score (nSPS) is 15.2. The van der Waals surface area contributed by atoms with Crippen molar-refractivity contribution in [2.75, 3.05) is 19.8 Å². The van der Waals surface area contributed by atoms with E-state index >= 15 is 0 Å². The van der Waals surface area contributed by atoms with Crippen LogP contribution in [0.4, 0.5) is 0 Å². The third-order valence-corrected chi connectivity index (χ3v) is 8.08. The number of rotatable bonds is 31. The van der Waals surface area contributed by atoms with Gasteiger partial charge >= 0.3 is 7.82 Å². The van der Waals surface area contributed by atoms with E-state index in [0.29, 0.717) is 6.42 Å². The van der Waals surface area contributed by atoms with Crippen LogP contribution in [0.1, 0.15) is 129 Å². The molecule has 260 valence electrons. The van der Waals surface area contributed by atoms with Gasteiger partial charge in [0.05, 0.1) is 25.4 Å². The Morgan fingerprint density at radius 2 is 1.29 bits per heavy atom. The second-order valence-corrected chi connectivity index (χ2v) is 12.8. The molecule has 1 amide bonds. The van der Waals surface area contributed by atoms with Crippen LogP contribution < -0.4 is 11.1 Å². The van der Waals surface area contributed by atoms with E-state index in [9.17, 15) is 19.4 Å². The van der Waals surface area contributed by atoms with Crippen LogP contribution in [0.2, 0.25) is 0 Å². The Balaban J connectivity index is 4.38. The van der Waals surface area contributed by atoms with Crippen molar-refractivity contribution in [1.82, 2.24) is 5.32 Å². The molecule has 0 saturated heterocycles. The Bertz CT molecular complexity index is 887. The monoisotopic (exact) mass is 652 g/mol. The molecule has 0 bridgehead atoms. The summed E-state index contributed by atoms with van der Waals surface area (Å²) >= 11 is 0. The number of hydrogen-bond acceptors (Lipinski definition) is 6. The molecule has 0 aliphatic carbocycles. The maximum Gasteiger partial charge on any atom is 0.472 e. The molecule has 0 fully saturated rings. The molecule has 9 heteroatoms. The number of carbonyl (C=O) groups is 1. The van der Waals surface area contributed by atoms with Crippen LogP contribution in [0.25, 0.3) is 0 Å². The van der Waals surface area contributed by atoms with Crippen LogP contribution in [0.5, 0.6) is 0 Å². The molecule has 0 saturated carbocycles. The smallest absolute Gasteiger partial charge is 0.387 e. The maximum absolute atomic E-state index is 12.6. The Kier molecular flexibility index (Phi) is 30.9. The van der Waals surface area contributed by atoms with Crippen molar-refractivity contribution in [1.29, 1.82) is 0 Å². The van der Waals surface area contributed by atoms with E-state index in [-0.39, 0.29) is 25.7 Å². The van der Waals surface area contributed by atoms with Crippen molar-refractivity contribution in [2.24, 2.45) is 5.73 Å². The molecule has 8 nitrogen and oxygen atoms in total. The zero-order chi connectivity index (χ0) is 33.3. The molecule has 0 aromatic heterocycles. The number of unbranched alkanes of at least 4 members (excludes halogenated alkanes) is 11. The minimum atomic E-state index is -4.33. The summed E-state index contributed by atoms with van der Waals surface area (Å²) in [4.78, 5) is 22.5. The highest BCUT2D eigenvalue weighted by Crippen LogP contribution is 2.43. The predicted octanol–water partition coefficient (Wildman–Crippen LogP) is 8.77. The first-order valence-electron chi connectivity index (χ1n) is 17.4. The number of aliphatic hydroxyl groups excluding tert-OH is 1. The van der Waals surface area contributed by atoms with Crippen LogP contribution in [0.15, 0.2) is 60.8 Å². The second-order valence-electron chi connectivity index (χ2n) is 11.3. The summed E-state index contributed by atoms with van der Waals surface area (Å²) in [6.45, 7) is 3.93. The molecule has 3 atom stereocenters. The SMILES string of the molecule is CC/C=C\C/C=C\C/C=C\C/C=C\CCCCCCC(=O)NC(COP(=O)(O)OCCN)C(O)/C=C/CCCCCCCCC. The van der Waals surface area contributed by atoms with E-state index in [1.165, 1.54) is 32.1 Å². The van der Waals surface area contributed by atoms with Gasteiger partial charge in [-0.25, -0.2) is 4.57 Å². The summed E-state index contributed by atoms with van der Waals surface area (Å²) in [5.41, 5.74) is 5.33. The summed E-state index contributed by atoms with van der Waals surface area (Å²) in [7, 11) is -4.33. The average Bonchev–Trinajstić information content (AvgIpc) is 3.02. The highest BCUT2D eigenvalue weighted by Gasteiger charge is 2.26. The van der Waals surface area contributed by atoms with Crippen LogP contribution in [-0.2, 0) is 18.4 Å². The van der Waals surface area contributed by atoms with E-state index < -0.39 is 20.0 Å². The molecule has 0 rings (SSSR count). The number of nitrogens with two attached hydrogens (primary N) is 1. The minimum absolute atomic E-state index is 0.0709. The van der Waals surface area contributed by atoms with Crippen molar-refractivity contribution in [2.45, 2.75) is 142 Å². The van der Waals surface area contributed by atoms with Gasteiger partial charge in [-0.3, -0.25) is 13.8 Å². The summed E-state index contributed by atoms with van der Waals surface area (Å²) in [6, 6.07) is -0.872. The zero-order valence-electron chi connectivity index (χ0n) is 28.3. The molecule has 5 N–H and O–H groups in total. The van der Waals surface area contributed by atoms with Gasteiger partial charge in [0.25, 0.3) is 0 Å². The zero-order valence-corrected chi connectivity index (χ0v) is 29.2. The minimum Gasteiger partial charge on any atom is -0.387 e. The standard InChI is InChI=1S/C36H65N2O6P/c1-3-5-7-9-11-13-14-15-16-17-18-19-20-22-24-26-28-30-36(40)38-34(33-44-45(41,42)43-32-31-37)35(39)29-27-25-23-21-12-10-8-6-4-2/h5,7,11,13,15-16,18-19,27,29,34-35,39H,3-4,6,8-10,12,14,17,20-26,28,30-33,37H2,1-2H3,(H,38,40)(H,41,42)/b7-5-,13-11-,16-15-,19-18-,29-27+. The third-order valence-electron chi connectivity index (χ3n) is 7.10. The fourth-order valence-corrected chi connectivity index (χ4v) is 5.23. The van der Waals surface area contributed by atoms with Crippen molar-refractivity contribution < 1.29 is 28.4 Å². The first-order chi connectivity index (χ1) is 21.9. The van der Waals surface area contributed by atoms with E-state index in [4.69, 9.17) is 14.8 Å². The van der Waals surface area contributed by atoms with Crippen LogP contribution in [0, 0.1) is 0 Å². The number of aliphatic hydroxyl groups is 1. The van der Waals surface area contributed by atoms with Crippen molar-refractivity contribution in [3.8, 4) is 0 Å². The van der Waals surface area contributed by atoms with Crippen LogP contribution >= 0.6 is 7.82 Å². The summed E-state index contributed by atoms with van der Waals surface area (Å²) in [5, 5.41) is 13.5. The molecule has 0 spiro atoms. The lowest BCUT2D eigenvalue weighted by Gasteiger charge is -2.23. The summed E-state index contributed by atoms with van der Waals surface area (Å²) in [6.07, 6.45) is 38.4. The number of hydrogen-bond donors (Lipinski definition) is 4. The number of carbonyl (C=O) groups excluding carboxylic acids is 1. The summed E-state index contributed by atoms with van der Waals surface area (Å²) in [5.74, 6) is -0.224. The van der Waals surface area contributed by atoms with E-state index in [2.05, 4.69) is 67.8 Å². The van der Waals surface area contributed by atoms with Gasteiger partial charge in [0, 0.05) is 13.0 Å². The number of allylic oxidation sites excluding steroid dienone is 9. The molecular weight excluding hydrogens is 587 g/mol. The van der Waals surface area contributed by atoms with Gasteiger partial charge in [0.1, 0.15) is 0 Å². The van der Waals surface area contributed by atoms with Crippen LogP contribution in [0.3, 0.4) is 0 Å². The number of nitrogens with one attached hydrogen (secondary N) is 1. The number of phosphoric ester groups is 1. The first-order valence-corrected chi connectivity index (χ1v) is 18.9. The molecule has 3 unspecified atom stereocenters. The highest BCUT2D eigenvalue weighted by atomic mass is 31.2. The van der Waals surface area contributed by atoms with Gasteiger partial charge in [-0.2, -0.15) is 0 Å². The Morgan fingerprint density at radius 1 is 0.756 bits per heavy atom. The van der Waals surface area contributed by atoms with Gasteiger partial charge in [-0.1, -0.05) is 126 Å². The maximum atomic E-state index is 12.6. The molecule has 0 radical (unpaired) electrons. The van der Waals surface area contributed by atoms with Gasteiger partial charge < -0.3 is 21.1 Å². The lowest BCUT2D eigenvalue weighted by atomic mass is 10.1. The highest BCUT2D eigenvalue weighted by molar-refractivity contribution is 7.47. The lowest BCUT2D eigenvalue weighted by molar-refractivity contribution is -0.123. The molecule has 0 aliphatic heterocycles. The molecule has 0 aliphatic rings. The molecular formula is C36H65N2O6P. The van der Waals surface area contributed by atoms with Gasteiger partial charge in [0.15, 0.2) is 0 Å². The molecule has 0 aromatic rings. The predicted molar refractivity (Wildman–Crippen MR) is 189 cm³/mol. The van der Waals surface area contributed by atoms with E-state index in [0.717, 1.165) is 77.0 Å². The Labute approximate surface area is 274 Å². The Hall–Kier alpha value is -1.80. The van der Waals surface area contributed by atoms with E-state index in [1.807, 2.05) is 6.08 Å². The van der Waals surface area contributed by atoms with Gasteiger partial charge in [-0.15, -0.1) is 0 Å². The molecule has 45 heavy (non-hydrogen) atoms. The topological polar surface area (TPSA) is 131 Å². The average molecular weight is 653 g/mol. The van der Waals surface area contributed by atoms with Crippen LogP contribution in [-0.4, -0.2) is 47.8 Å². The second kappa shape index (κ2) is 32.2. The quantitative estimate of drug-likeness (QED) is 0.0334. The molecule has 0 heterocycles. The fraction of sp³-hybridized carbons (Fsp3) is 0.694. The third kappa shape index (κ3) is 30.6. The van der Waals surface area contributed by atoms with E-state index in [1.54, 1.807) is 6.08 Å². The number of phosphoric acid groups is 1. The van der Waals surface area contributed by atoms with Gasteiger partial charge in [-0.05, 0) is 57.8 Å². The molecule has 0 aromatic carbocycles. The number of amides is 1. The van der Waals surface area contributed by atoms with Crippen molar-refractivity contribution in [3.05, 3.63) is 60.8 Å². The first kappa shape index (κ1) is 43.2. The Morgan fingerprint density at radius 3 is 1.89 bits per heavy atom. The fourth-order valence-electron chi connectivity index (χ4n) is 4.47. The van der Waals surface area contributed by atoms with Crippen molar-refractivity contribution >= 4 is 13.7 Å². The van der Waals surface area contributed by atoms with Crippen molar-refractivity contribution in [3.63, 3.8) is 0 Å². The lowest BCUT2D eigenvalue weighted by Crippen LogP contribution is -2.45. The summed E-state index contributed by atoms with van der Waals surface area (Å²) < 4.78 is 21.9. The largest absolute Gasteiger partial charge is 0.472 e. The van der Waals surface area contributed by atoms with Gasteiger partial charge in [0.2, 0.25) is 5.91 Å².